The average Bonchev–Trinajstić information content (AvgIpc) is 2.13. The number of hydrogen-bond donors (Lipinski definition) is 0. The maximum absolute atomic E-state index is 4.44. The highest BCUT2D eigenvalue weighted by Gasteiger charge is 2.05. The predicted molar refractivity (Wildman–Crippen MR) is 49.8 cm³/mol. The largest absolute Gasteiger partial charge is 0.265 e. The zero-order valence-electron chi connectivity index (χ0n) is 7.67. The molecule has 0 saturated heterocycles. The molecule has 0 saturated carbocycles. The number of allylic oxidation sites excluding steroid dienone is 2. The van der Waals surface area contributed by atoms with Gasteiger partial charge in [0.2, 0.25) is 0 Å². The molecule has 0 aromatic heterocycles. The second-order valence-electron chi connectivity index (χ2n) is 3.62. The van der Waals surface area contributed by atoms with Crippen molar-refractivity contribution >= 4 is 6.21 Å². The van der Waals surface area contributed by atoms with E-state index in [-0.39, 0.29) is 0 Å². The summed E-state index contributed by atoms with van der Waals surface area (Å²) in [5.41, 5.74) is 1.26. The van der Waals surface area contributed by atoms with E-state index in [0.717, 1.165) is 0 Å². The Hall–Kier alpha value is -0.590. The SMILES string of the molecule is CC1C=NC(C(C)C)=CCC1. The fourth-order valence-electron chi connectivity index (χ4n) is 1.22. The van der Waals surface area contributed by atoms with Gasteiger partial charge < -0.3 is 0 Å². The van der Waals surface area contributed by atoms with E-state index in [1.165, 1.54) is 18.5 Å². The molecule has 0 fully saturated rings. The van der Waals surface area contributed by atoms with Crippen LogP contribution in [0.2, 0.25) is 0 Å². The van der Waals surface area contributed by atoms with E-state index in [9.17, 15) is 0 Å². The molecule has 1 rings (SSSR count). The van der Waals surface area contributed by atoms with E-state index in [0.29, 0.717) is 11.8 Å². The molecule has 0 aromatic rings. The summed E-state index contributed by atoms with van der Waals surface area (Å²) in [7, 11) is 0. The van der Waals surface area contributed by atoms with Crippen LogP contribution in [0.1, 0.15) is 33.6 Å². The first-order chi connectivity index (χ1) is 5.20. The molecule has 0 bridgehead atoms. The first kappa shape index (κ1) is 8.51. The summed E-state index contributed by atoms with van der Waals surface area (Å²) in [6, 6.07) is 0. The van der Waals surface area contributed by atoms with Gasteiger partial charge in [-0.2, -0.15) is 0 Å². The van der Waals surface area contributed by atoms with Crippen molar-refractivity contribution in [1.82, 2.24) is 0 Å². The van der Waals surface area contributed by atoms with Crippen molar-refractivity contribution in [2.75, 3.05) is 0 Å². The molecule has 0 aliphatic carbocycles. The first-order valence-electron chi connectivity index (χ1n) is 4.44. The standard InChI is InChI=1S/C10H17N/c1-8(2)10-6-4-5-9(3)7-11-10/h6-9H,4-5H2,1-3H3. The van der Waals surface area contributed by atoms with Gasteiger partial charge in [-0.25, -0.2) is 0 Å². The molecular weight excluding hydrogens is 134 g/mol. The number of aliphatic imine (C=N–C) groups is 1. The molecule has 0 aromatic carbocycles. The molecule has 62 valence electrons. The predicted octanol–water partition coefficient (Wildman–Crippen LogP) is 3.03. The van der Waals surface area contributed by atoms with Crippen molar-refractivity contribution in [3.63, 3.8) is 0 Å². The zero-order valence-corrected chi connectivity index (χ0v) is 7.67. The van der Waals surface area contributed by atoms with Gasteiger partial charge in [0, 0.05) is 11.9 Å². The summed E-state index contributed by atoms with van der Waals surface area (Å²) in [5, 5.41) is 0. The Morgan fingerprint density at radius 1 is 1.55 bits per heavy atom. The minimum atomic E-state index is 0.580. The van der Waals surface area contributed by atoms with Gasteiger partial charge in [-0.15, -0.1) is 0 Å². The van der Waals surface area contributed by atoms with Crippen LogP contribution >= 0.6 is 0 Å². The van der Waals surface area contributed by atoms with Crippen molar-refractivity contribution in [2.24, 2.45) is 16.8 Å². The van der Waals surface area contributed by atoms with Crippen molar-refractivity contribution in [3.05, 3.63) is 11.8 Å². The Morgan fingerprint density at radius 3 is 2.91 bits per heavy atom. The van der Waals surface area contributed by atoms with Gasteiger partial charge in [-0.3, -0.25) is 4.99 Å². The third-order valence-electron chi connectivity index (χ3n) is 2.05. The van der Waals surface area contributed by atoms with Gasteiger partial charge in [-0.1, -0.05) is 26.8 Å². The van der Waals surface area contributed by atoms with Crippen molar-refractivity contribution in [2.45, 2.75) is 33.6 Å². The van der Waals surface area contributed by atoms with Crippen LogP contribution in [0.5, 0.6) is 0 Å². The van der Waals surface area contributed by atoms with E-state index in [1.54, 1.807) is 0 Å². The average molecular weight is 151 g/mol. The molecule has 1 nitrogen and oxygen atoms in total. The zero-order chi connectivity index (χ0) is 8.27. The van der Waals surface area contributed by atoms with Crippen LogP contribution in [0.4, 0.5) is 0 Å². The molecule has 1 aliphatic heterocycles. The number of hydrogen-bond acceptors (Lipinski definition) is 1. The summed E-state index contributed by atoms with van der Waals surface area (Å²) < 4.78 is 0. The molecule has 11 heavy (non-hydrogen) atoms. The van der Waals surface area contributed by atoms with E-state index in [2.05, 4.69) is 38.1 Å². The molecule has 0 radical (unpaired) electrons. The third-order valence-corrected chi connectivity index (χ3v) is 2.05. The summed E-state index contributed by atoms with van der Waals surface area (Å²) >= 11 is 0. The van der Waals surface area contributed by atoms with E-state index in [4.69, 9.17) is 0 Å². The molecule has 1 heterocycles. The van der Waals surface area contributed by atoms with Crippen LogP contribution in [-0.2, 0) is 0 Å². The van der Waals surface area contributed by atoms with E-state index >= 15 is 0 Å². The Kier molecular flexibility index (Phi) is 2.86. The van der Waals surface area contributed by atoms with Crippen molar-refractivity contribution in [1.29, 1.82) is 0 Å². The Morgan fingerprint density at radius 2 is 2.27 bits per heavy atom. The summed E-state index contributed by atoms with van der Waals surface area (Å²) in [4.78, 5) is 4.44. The Bertz CT molecular complexity index is 177. The van der Waals surface area contributed by atoms with Crippen LogP contribution in [0.25, 0.3) is 0 Å². The lowest BCUT2D eigenvalue weighted by Crippen LogP contribution is -1.93. The first-order valence-corrected chi connectivity index (χ1v) is 4.44. The molecule has 1 unspecified atom stereocenters. The van der Waals surface area contributed by atoms with Gasteiger partial charge >= 0.3 is 0 Å². The number of nitrogens with zero attached hydrogens (tertiary/aromatic N) is 1. The lowest BCUT2D eigenvalue weighted by atomic mass is 10.1. The van der Waals surface area contributed by atoms with Crippen LogP contribution in [0.15, 0.2) is 16.8 Å². The van der Waals surface area contributed by atoms with Gasteiger partial charge in [0.1, 0.15) is 0 Å². The Balaban J connectivity index is 2.64. The summed E-state index contributed by atoms with van der Waals surface area (Å²) in [6.45, 7) is 6.61. The highest BCUT2D eigenvalue weighted by Crippen LogP contribution is 2.17. The van der Waals surface area contributed by atoms with Crippen LogP contribution < -0.4 is 0 Å². The van der Waals surface area contributed by atoms with Crippen LogP contribution in [-0.4, -0.2) is 6.21 Å². The van der Waals surface area contributed by atoms with E-state index < -0.39 is 0 Å². The van der Waals surface area contributed by atoms with Crippen molar-refractivity contribution in [3.8, 4) is 0 Å². The molecule has 0 amide bonds. The van der Waals surface area contributed by atoms with Crippen LogP contribution in [0, 0.1) is 11.8 Å². The molecule has 0 N–H and O–H groups in total. The topological polar surface area (TPSA) is 12.4 Å². The maximum Gasteiger partial charge on any atom is 0.0385 e. The second-order valence-corrected chi connectivity index (χ2v) is 3.62. The normalized spacial score (nSPS) is 25.1. The van der Waals surface area contributed by atoms with Crippen LogP contribution in [0.3, 0.4) is 0 Å². The smallest absolute Gasteiger partial charge is 0.0385 e. The fourth-order valence-corrected chi connectivity index (χ4v) is 1.22. The summed E-state index contributed by atoms with van der Waals surface area (Å²) in [6.07, 6.45) is 6.79. The molecule has 1 atom stereocenters. The quantitative estimate of drug-likeness (QED) is 0.546. The second kappa shape index (κ2) is 3.70. The Labute approximate surface area is 69.2 Å². The third kappa shape index (κ3) is 2.49. The molecular formula is C10H17N. The van der Waals surface area contributed by atoms with E-state index in [1.807, 2.05) is 0 Å². The lowest BCUT2D eigenvalue weighted by Gasteiger charge is -2.02. The number of rotatable bonds is 1. The minimum Gasteiger partial charge on any atom is -0.265 e. The van der Waals surface area contributed by atoms with Gasteiger partial charge in [0.05, 0.1) is 0 Å². The molecule has 1 heteroatoms. The van der Waals surface area contributed by atoms with Gasteiger partial charge in [-0.05, 0) is 24.7 Å². The highest BCUT2D eigenvalue weighted by molar-refractivity contribution is 5.62. The fraction of sp³-hybridized carbons (Fsp3) is 0.700. The van der Waals surface area contributed by atoms with Gasteiger partial charge in [0.15, 0.2) is 0 Å². The van der Waals surface area contributed by atoms with Gasteiger partial charge in [0.25, 0.3) is 0 Å². The van der Waals surface area contributed by atoms with Crippen molar-refractivity contribution < 1.29 is 0 Å². The minimum absolute atomic E-state index is 0.580. The molecule has 1 aliphatic rings. The maximum atomic E-state index is 4.44. The monoisotopic (exact) mass is 151 g/mol. The summed E-state index contributed by atoms with van der Waals surface area (Å²) in [5.74, 6) is 1.24. The lowest BCUT2D eigenvalue weighted by molar-refractivity contribution is 0.708. The highest BCUT2D eigenvalue weighted by atomic mass is 14.7. The molecule has 0 spiro atoms.